The minimum absolute atomic E-state index is 0.0251. The maximum Gasteiger partial charge on any atom is 0.257 e. The maximum absolute atomic E-state index is 13.1. The first-order chi connectivity index (χ1) is 11.5. The molecular weight excluding hydrogens is 307 g/mol. The average molecular weight is 330 g/mol. The second-order valence-corrected chi connectivity index (χ2v) is 6.45. The van der Waals surface area contributed by atoms with E-state index in [1.54, 1.807) is 23.0 Å². The van der Waals surface area contributed by atoms with Gasteiger partial charge in [0.15, 0.2) is 0 Å². The molecule has 1 fully saturated rings. The van der Waals surface area contributed by atoms with Gasteiger partial charge < -0.3 is 10.6 Å². The van der Waals surface area contributed by atoms with Crippen molar-refractivity contribution in [2.45, 2.75) is 32.7 Å². The molecule has 0 radical (unpaired) electrons. The van der Waals surface area contributed by atoms with E-state index >= 15 is 0 Å². The van der Waals surface area contributed by atoms with Gasteiger partial charge in [-0.05, 0) is 49.9 Å². The Labute approximate surface area is 141 Å². The van der Waals surface area contributed by atoms with Crippen molar-refractivity contribution >= 4 is 5.91 Å². The summed E-state index contributed by atoms with van der Waals surface area (Å²) in [6.07, 6.45) is 3.68. The number of benzene rings is 1. The highest BCUT2D eigenvalue weighted by atomic mass is 19.1. The summed E-state index contributed by atoms with van der Waals surface area (Å²) in [6.45, 7) is 5.20. The lowest BCUT2D eigenvalue weighted by molar-refractivity contribution is 0.0532. The highest BCUT2D eigenvalue weighted by molar-refractivity contribution is 5.95. The minimum atomic E-state index is -0.298. The lowest BCUT2D eigenvalue weighted by atomic mass is 9.90. The number of hydrogen-bond acceptors (Lipinski definition) is 3. The van der Waals surface area contributed by atoms with Crippen LogP contribution in [0.4, 0.5) is 4.39 Å². The van der Waals surface area contributed by atoms with E-state index in [9.17, 15) is 9.18 Å². The molecule has 2 atom stereocenters. The molecule has 5 nitrogen and oxygen atoms in total. The largest absolute Gasteiger partial charge is 0.334 e. The van der Waals surface area contributed by atoms with Gasteiger partial charge in [0.05, 0.1) is 23.1 Å². The quantitative estimate of drug-likeness (QED) is 0.940. The molecule has 2 heterocycles. The molecule has 1 aliphatic heterocycles. The summed E-state index contributed by atoms with van der Waals surface area (Å²) >= 11 is 0. The monoisotopic (exact) mass is 330 g/mol. The summed E-state index contributed by atoms with van der Waals surface area (Å²) < 4.78 is 14.8. The van der Waals surface area contributed by atoms with Crippen LogP contribution in [0.5, 0.6) is 0 Å². The Morgan fingerprint density at radius 1 is 1.38 bits per heavy atom. The van der Waals surface area contributed by atoms with Crippen LogP contribution < -0.4 is 5.73 Å². The van der Waals surface area contributed by atoms with E-state index in [1.807, 2.05) is 11.8 Å². The molecule has 1 saturated heterocycles. The molecule has 128 valence electrons. The Hall–Kier alpha value is -2.21. The average Bonchev–Trinajstić information content (AvgIpc) is 2.96. The second kappa shape index (κ2) is 6.73. The first-order valence-electron chi connectivity index (χ1n) is 8.34. The SMILES string of the molecule is Cc1c(C(=O)N2CCC[C@@H](C)[C@@H]2CN)cnn1-c1ccc(F)cc1. The van der Waals surface area contributed by atoms with Gasteiger partial charge in [0.1, 0.15) is 5.82 Å². The van der Waals surface area contributed by atoms with E-state index in [2.05, 4.69) is 12.0 Å². The molecule has 0 saturated carbocycles. The molecule has 1 amide bonds. The molecule has 2 aromatic rings. The summed E-state index contributed by atoms with van der Waals surface area (Å²) in [4.78, 5) is 14.9. The topological polar surface area (TPSA) is 64.2 Å². The lowest BCUT2D eigenvalue weighted by Gasteiger charge is -2.39. The zero-order valence-corrected chi connectivity index (χ0v) is 14.1. The first-order valence-corrected chi connectivity index (χ1v) is 8.34. The number of halogens is 1. The molecule has 24 heavy (non-hydrogen) atoms. The summed E-state index contributed by atoms with van der Waals surface area (Å²) in [5.41, 5.74) is 7.96. The third-order valence-electron chi connectivity index (χ3n) is 4.93. The normalized spacial score (nSPS) is 21.1. The van der Waals surface area contributed by atoms with E-state index < -0.39 is 0 Å². The fourth-order valence-electron chi connectivity index (χ4n) is 3.48. The molecule has 1 aromatic heterocycles. The number of nitrogens with two attached hydrogens (primary N) is 1. The van der Waals surface area contributed by atoms with Crippen molar-refractivity contribution in [3.63, 3.8) is 0 Å². The molecule has 0 aliphatic carbocycles. The van der Waals surface area contributed by atoms with Gasteiger partial charge in [-0.1, -0.05) is 6.92 Å². The lowest BCUT2D eigenvalue weighted by Crippen LogP contribution is -2.51. The van der Waals surface area contributed by atoms with E-state index in [0.717, 1.165) is 30.8 Å². The summed E-state index contributed by atoms with van der Waals surface area (Å²) in [5, 5.41) is 4.32. The number of carbonyl (C=O) groups excluding carboxylic acids is 1. The second-order valence-electron chi connectivity index (χ2n) is 6.45. The van der Waals surface area contributed by atoms with Gasteiger partial charge >= 0.3 is 0 Å². The molecule has 6 heteroatoms. The van der Waals surface area contributed by atoms with Crippen LogP contribution in [0.1, 0.15) is 35.8 Å². The van der Waals surface area contributed by atoms with Crippen molar-refractivity contribution in [1.29, 1.82) is 0 Å². The smallest absolute Gasteiger partial charge is 0.257 e. The Bertz CT molecular complexity index is 725. The van der Waals surface area contributed by atoms with Crippen molar-refractivity contribution in [2.24, 2.45) is 11.7 Å². The first kappa shape index (κ1) is 16.6. The van der Waals surface area contributed by atoms with E-state index in [-0.39, 0.29) is 17.8 Å². The van der Waals surface area contributed by atoms with Crippen LogP contribution in [-0.4, -0.2) is 39.7 Å². The Morgan fingerprint density at radius 3 is 2.75 bits per heavy atom. The van der Waals surface area contributed by atoms with Crippen LogP contribution in [0.25, 0.3) is 5.69 Å². The van der Waals surface area contributed by atoms with Crippen LogP contribution in [0.3, 0.4) is 0 Å². The summed E-state index contributed by atoms with van der Waals surface area (Å²) in [5.74, 6) is 0.0796. The standard InChI is InChI=1S/C18H23FN4O/c1-12-4-3-9-22(17(12)10-20)18(24)16-11-21-23(13(16)2)15-7-5-14(19)6-8-15/h5-8,11-12,17H,3-4,9-10,20H2,1-2H3/t12-,17+/m1/s1. The number of piperidine rings is 1. The summed E-state index contributed by atoms with van der Waals surface area (Å²) in [6, 6.07) is 6.13. The summed E-state index contributed by atoms with van der Waals surface area (Å²) in [7, 11) is 0. The zero-order chi connectivity index (χ0) is 17.3. The number of carbonyl (C=O) groups is 1. The van der Waals surface area contributed by atoms with E-state index in [0.29, 0.717) is 18.0 Å². The number of aromatic nitrogens is 2. The van der Waals surface area contributed by atoms with Crippen molar-refractivity contribution in [2.75, 3.05) is 13.1 Å². The highest BCUT2D eigenvalue weighted by Crippen LogP contribution is 2.25. The fourth-order valence-corrected chi connectivity index (χ4v) is 3.48. The van der Waals surface area contributed by atoms with Crippen LogP contribution in [0, 0.1) is 18.7 Å². The van der Waals surface area contributed by atoms with Crippen molar-refractivity contribution in [1.82, 2.24) is 14.7 Å². The Kier molecular flexibility index (Phi) is 4.66. The van der Waals surface area contributed by atoms with Gasteiger partial charge in [0, 0.05) is 19.1 Å². The van der Waals surface area contributed by atoms with Crippen LogP contribution in [-0.2, 0) is 0 Å². The molecule has 0 unspecified atom stereocenters. The molecular formula is C18H23FN4O. The number of nitrogens with zero attached hydrogens (tertiary/aromatic N) is 3. The predicted octanol–water partition coefficient (Wildman–Crippen LogP) is 2.52. The molecule has 2 N–H and O–H groups in total. The Balaban J connectivity index is 1.90. The van der Waals surface area contributed by atoms with Gasteiger partial charge in [0.25, 0.3) is 5.91 Å². The van der Waals surface area contributed by atoms with Crippen LogP contribution in [0.15, 0.2) is 30.5 Å². The molecule has 3 rings (SSSR count). The van der Waals surface area contributed by atoms with Crippen molar-refractivity contribution < 1.29 is 9.18 Å². The highest BCUT2D eigenvalue weighted by Gasteiger charge is 2.32. The van der Waals surface area contributed by atoms with Crippen LogP contribution in [0.2, 0.25) is 0 Å². The zero-order valence-electron chi connectivity index (χ0n) is 14.1. The van der Waals surface area contributed by atoms with Gasteiger partial charge in [-0.25, -0.2) is 9.07 Å². The molecule has 1 aromatic carbocycles. The third kappa shape index (κ3) is 2.94. The Morgan fingerprint density at radius 2 is 2.08 bits per heavy atom. The van der Waals surface area contributed by atoms with E-state index in [4.69, 9.17) is 5.73 Å². The molecule has 0 spiro atoms. The van der Waals surface area contributed by atoms with E-state index in [1.165, 1.54) is 12.1 Å². The van der Waals surface area contributed by atoms with Crippen molar-refractivity contribution in [3.8, 4) is 5.69 Å². The van der Waals surface area contributed by atoms with Crippen molar-refractivity contribution in [3.05, 3.63) is 47.5 Å². The van der Waals surface area contributed by atoms with Gasteiger partial charge in [-0.2, -0.15) is 5.10 Å². The number of amides is 1. The van der Waals surface area contributed by atoms with Gasteiger partial charge in [-0.15, -0.1) is 0 Å². The maximum atomic E-state index is 13.1. The number of hydrogen-bond donors (Lipinski definition) is 1. The van der Waals surface area contributed by atoms with Crippen LogP contribution >= 0.6 is 0 Å². The predicted molar refractivity (Wildman–Crippen MR) is 90.5 cm³/mol. The number of rotatable bonds is 3. The van der Waals surface area contributed by atoms with Gasteiger partial charge in [-0.3, -0.25) is 4.79 Å². The fraction of sp³-hybridized carbons (Fsp3) is 0.444. The van der Waals surface area contributed by atoms with Gasteiger partial charge in [0.2, 0.25) is 0 Å². The molecule has 0 bridgehead atoms. The minimum Gasteiger partial charge on any atom is -0.334 e. The third-order valence-corrected chi connectivity index (χ3v) is 4.93. The number of likely N-dealkylation sites (tertiary alicyclic amines) is 1. The molecule has 1 aliphatic rings.